The van der Waals surface area contributed by atoms with Gasteiger partial charge in [0.1, 0.15) is 16.7 Å². The van der Waals surface area contributed by atoms with Crippen molar-refractivity contribution in [3.8, 4) is 45.3 Å². The largest absolute Gasteiger partial charge is 0.456 e. The third kappa shape index (κ3) is 5.70. The van der Waals surface area contributed by atoms with Gasteiger partial charge in [-0.25, -0.2) is 15.0 Å². The van der Waals surface area contributed by atoms with Crippen LogP contribution in [0, 0.1) is 0 Å². The van der Waals surface area contributed by atoms with Crippen LogP contribution in [0.15, 0.2) is 203 Å². The Bertz CT molecular complexity index is 3670. The molecule has 6 nitrogen and oxygen atoms in total. The molecule has 11 rings (SSSR count). The number of nitrogens with zero attached hydrogens (tertiary/aromatic N) is 4. The average Bonchev–Trinajstić information content (AvgIpc) is 3.93. The molecular formula is C51H32N4O2. The van der Waals surface area contributed by atoms with E-state index < -0.39 is 65.5 Å². The Morgan fingerprint density at radius 3 is 1.70 bits per heavy atom. The fraction of sp³-hybridized carbons (Fsp3) is 0. The van der Waals surface area contributed by atoms with Gasteiger partial charge in [-0.15, -0.1) is 0 Å². The lowest BCUT2D eigenvalue weighted by Gasteiger charge is -2.26. The molecule has 0 fully saturated rings. The predicted octanol–water partition coefficient (Wildman–Crippen LogP) is 13.8. The fourth-order valence-corrected chi connectivity index (χ4v) is 7.29. The van der Waals surface area contributed by atoms with Crippen LogP contribution in [0.25, 0.3) is 89.2 Å². The highest BCUT2D eigenvalue weighted by Crippen LogP contribution is 2.46. The number of para-hydroxylation sites is 3. The van der Waals surface area contributed by atoms with Gasteiger partial charge < -0.3 is 13.7 Å². The Hall–Kier alpha value is -7.83. The molecule has 268 valence electrons. The normalized spacial score (nSPS) is 13.7. The minimum atomic E-state index is -0.666. The summed E-state index contributed by atoms with van der Waals surface area (Å²) >= 11 is 0. The van der Waals surface area contributed by atoms with Crippen LogP contribution in [-0.2, 0) is 0 Å². The van der Waals surface area contributed by atoms with Crippen LogP contribution in [0.3, 0.4) is 0 Å². The lowest BCUT2D eigenvalue weighted by atomic mass is 10.0. The summed E-state index contributed by atoms with van der Waals surface area (Å²) in [5.74, 6) is 1.12. The van der Waals surface area contributed by atoms with E-state index in [0.29, 0.717) is 62.1 Å². The van der Waals surface area contributed by atoms with Crippen molar-refractivity contribution in [2.45, 2.75) is 0 Å². The molecule has 0 saturated heterocycles. The van der Waals surface area contributed by atoms with Crippen molar-refractivity contribution in [3.63, 3.8) is 0 Å². The molecule has 11 aromatic rings. The number of hydrogen-bond donors (Lipinski definition) is 0. The first-order valence-electron chi connectivity index (χ1n) is 22.7. The molecule has 0 saturated carbocycles. The van der Waals surface area contributed by atoms with Gasteiger partial charge in [0.05, 0.1) is 23.7 Å². The summed E-state index contributed by atoms with van der Waals surface area (Å²) < 4.78 is 93.7. The maximum Gasteiger partial charge on any atom is 0.164 e. The molecule has 3 aromatic heterocycles. The summed E-state index contributed by atoms with van der Waals surface area (Å²) in [6, 6.07) is 37.6. The molecular weight excluding hydrogens is 701 g/mol. The van der Waals surface area contributed by atoms with Gasteiger partial charge in [-0.05, 0) is 47.5 Å². The first-order valence-corrected chi connectivity index (χ1v) is 18.2. The van der Waals surface area contributed by atoms with Gasteiger partial charge in [0, 0.05) is 50.0 Å². The molecule has 0 aliphatic rings. The Kier molecular flexibility index (Phi) is 5.81. The van der Waals surface area contributed by atoms with Gasteiger partial charge in [0.2, 0.25) is 0 Å². The Morgan fingerprint density at radius 1 is 0.421 bits per heavy atom. The molecule has 0 bridgehead atoms. The minimum absolute atomic E-state index is 0.207. The smallest absolute Gasteiger partial charge is 0.164 e. The second-order valence-corrected chi connectivity index (χ2v) is 13.3. The van der Waals surface area contributed by atoms with Crippen LogP contribution in [0.4, 0.5) is 17.1 Å². The van der Waals surface area contributed by atoms with E-state index in [1.54, 1.807) is 17.0 Å². The highest BCUT2D eigenvalue weighted by Gasteiger charge is 2.24. The molecule has 6 heteroatoms. The zero-order valence-corrected chi connectivity index (χ0v) is 29.9. The van der Waals surface area contributed by atoms with E-state index in [4.69, 9.17) is 30.6 Å². The highest BCUT2D eigenvalue weighted by molar-refractivity contribution is 6.14. The zero-order valence-electron chi connectivity index (χ0n) is 38.9. The summed E-state index contributed by atoms with van der Waals surface area (Å²) in [6.45, 7) is 0. The molecule has 0 aliphatic heterocycles. The third-order valence-electron chi connectivity index (χ3n) is 9.87. The van der Waals surface area contributed by atoms with E-state index in [9.17, 15) is 5.48 Å². The standard InChI is InChI=1S/C51H32N4O2/c1-4-15-33(16-5-1)34-27-29-37(30-28-34)55(43-24-14-23-40-39-21-10-12-25-44(39)57-48(40)43)38-31-42(47-41-22-11-13-26-45(41)56-46(47)32-38)51-53-49(35-17-6-2-7-18-35)52-50(54-51)36-19-8-3-9-20-36/h1-32H/i1D,4D,5D,15D,16D,27D,28D,29D,30D. The quantitative estimate of drug-likeness (QED) is 0.162. The van der Waals surface area contributed by atoms with Crippen LogP contribution in [0.5, 0.6) is 0 Å². The minimum Gasteiger partial charge on any atom is -0.456 e. The lowest BCUT2D eigenvalue weighted by molar-refractivity contribution is 0.667. The number of hydrogen-bond acceptors (Lipinski definition) is 6. The van der Waals surface area contributed by atoms with Gasteiger partial charge in [-0.3, -0.25) is 0 Å². The molecule has 0 unspecified atom stereocenters. The van der Waals surface area contributed by atoms with Crippen molar-refractivity contribution < 1.29 is 21.2 Å². The number of anilines is 3. The van der Waals surface area contributed by atoms with E-state index in [1.165, 1.54) is 0 Å². The van der Waals surface area contributed by atoms with E-state index >= 15 is 0 Å². The molecule has 0 radical (unpaired) electrons. The molecule has 57 heavy (non-hydrogen) atoms. The van der Waals surface area contributed by atoms with Crippen molar-refractivity contribution in [3.05, 3.63) is 194 Å². The summed E-state index contributed by atoms with van der Waals surface area (Å²) in [4.78, 5) is 16.7. The van der Waals surface area contributed by atoms with Crippen LogP contribution < -0.4 is 4.90 Å². The molecule has 3 heterocycles. The molecule has 0 amide bonds. The first-order chi connectivity index (χ1) is 32.0. The predicted molar refractivity (Wildman–Crippen MR) is 231 cm³/mol. The third-order valence-corrected chi connectivity index (χ3v) is 9.87. The monoisotopic (exact) mass is 741 g/mol. The second-order valence-electron chi connectivity index (χ2n) is 13.3. The van der Waals surface area contributed by atoms with Gasteiger partial charge in [-0.1, -0.05) is 151 Å². The van der Waals surface area contributed by atoms with E-state index in [0.717, 1.165) is 27.3 Å². The first kappa shape index (κ1) is 24.6. The van der Waals surface area contributed by atoms with E-state index in [1.807, 2.05) is 127 Å². The van der Waals surface area contributed by atoms with Crippen molar-refractivity contribution in [1.29, 1.82) is 0 Å². The van der Waals surface area contributed by atoms with Crippen LogP contribution in [-0.4, -0.2) is 15.0 Å². The second kappa shape index (κ2) is 13.5. The maximum absolute atomic E-state index is 9.70. The van der Waals surface area contributed by atoms with Crippen LogP contribution in [0.1, 0.15) is 12.3 Å². The number of aromatic nitrogens is 3. The number of furan rings is 2. The van der Waals surface area contributed by atoms with E-state index in [2.05, 4.69) is 0 Å². The van der Waals surface area contributed by atoms with Crippen molar-refractivity contribution in [1.82, 2.24) is 15.0 Å². The van der Waals surface area contributed by atoms with Crippen LogP contribution in [0.2, 0.25) is 0 Å². The average molecular weight is 742 g/mol. The highest BCUT2D eigenvalue weighted by atomic mass is 16.3. The summed E-state index contributed by atoms with van der Waals surface area (Å²) in [5.41, 5.74) is 3.55. The van der Waals surface area contributed by atoms with Gasteiger partial charge >= 0.3 is 0 Å². The molecule has 8 aromatic carbocycles. The maximum atomic E-state index is 9.70. The van der Waals surface area contributed by atoms with Crippen LogP contribution >= 0.6 is 0 Å². The van der Waals surface area contributed by atoms with E-state index in [-0.39, 0.29) is 5.69 Å². The lowest BCUT2D eigenvalue weighted by Crippen LogP contribution is -2.11. The van der Waals surface area contributed by atoms with Gasteiger partial charge in [0.15, 0.2) is 23.1 Å². The number of rotatable bonds is 7. The summed E-state index contributed by atoms with van der Waals surface area (Å²) in [6.07, 6.45) is 0. The Balaban J connectivity index is 1.25. The Labute approximate surface area is 340 Å². The molecule has 0 spiro atoms. The molecule has 0 atom stereocenters. The molecule has 0 N–H and O–H groups in total. The van der Waals surface area contributed by atoms with Crippen molar-refractivity contribution in [2.24, 2.45) is 0 Å². The summed E-state index contributed by atoms with van der Waals surface area (Å²) in [5, 5.41) is 2.99. The van der Waals surface area contributed by atoms with Gasteiger partial charge in [-0.2, -0.15) is 0 Å². The van der Waals surface area contributed by atoms with Crippen molar-refractivity contribution in [2.75, 3.05) is 4.90 Å². The van der Waals surface area contributed by atoms with Crippen molar-refractivity contribution >= 4 is 60.9 Å². The Morgan fingerprint density at radius 2 is 1.00 bits per heavy atom. The summed E-state index contributed by atoms with van der Waals surface area (Å²) in [7, 11) is 0. The number of fused-ring (bicyclic) bond motifs is 6. The van der Waals surface area contributed by atoms with Gasteiger partial charge in [0.25, 0.3) is 0 Å². The SMILES string of the molecule is [2H]c1c([2H])c([2H])c(-c2c([2H])c([2H])c(N(c3cc(-c4nc(-c5ccccc5)nc(-c5ccccc5)n4)c4c(c3)oc3ccccc34)c3cccc4c3oc3ccccc34)c([2H])c2[2H])c([2H])c1[2H]. The zero-order chi connectivity index (χ0) is 45.5. The molecule has 0 aliphatic carbocycles. The topological polar surface area (TPSA) is 68.2 Å². The number of benzene rings is 8. The fourth-order valence-electron chi connectivity index (χ4n) is 7.29.